The summed E-state index contributed by atoms with van der Waals surface area (Å²) in [6.07, 6.45) is 4.15. The second-order valence-electron chi connectivity index (χ2n) is 5.64. The van der Waals surface area contributed by atoms with Gasteiger partial charge in [0.05, 0.1) is 13.0 Å². The predicted octanol–water partition coefficient (Wildman–Crippen LogP) is 2.18. The molecule has 0 aromatic heterocycles. The summed E-state index contributed by atoms with van der Waals surface area (Å²) >= 11 is 0. The van der Waals surface area contributed by atoms with Crippen molar-refractivity contribution in [3.8, 4) is 0 Å². The highest BCUT2D eigenvalue weighted by Gasteiger charge is 2.30. The molecule has 1 aliphatic heterocycles. The van der Waals surface area contributed by atoms with E-state index in [0.717, 1.165) is 31.4 Å². The van der Waals surface area contributed by atoms with Crippen molar-refractivity contribution in [2.75, 3.05) is 26.8 Å². The fourth-order valence-corrected chi connectivity index (χ4v) is 3.17. The van der Waals surface area contributed by atoms with Gasteiger partial charge in [-0.3, -0.25) is 9.69 Å². The Morgan fingerprint density at radius 2 is 2.19 bits per heavy atom. The average Bonchev–Trinajstić information content (AvgIpc) is 2.97. The Bertz CT molecular complexity index is 435. The molecule has 0 radical (unpaired) electrons. The SMILES string of the molecule is COC(=O)C(CN1CCCC1CCCO)c1ccccc1. The van der Waals surface area contributed by atoms with Crippen LogP contribution in [0.2, 0.25) is 0 Å². The lowest BCUT2D eigenvalue weighted by molar-refractivity contribution is -0.143. The van der Waals surface area contributed by atoms with Crippen LogP contribution in [0.3, 0.4) is 0 Å². The molecule has 116 valence electrons. The molecule has 4 heteroatoms. The Hall–Kier alpha value is -1.39. The van der Waals surface area contributed by atoms with Crippen molar-refractivity contribution in [2.24, 2.45) is 0 Å². The number of nitrogens with zero attached hydrogens (tertiary/aromatic N) is 1. The summed E-state index contributed by atoms with van der Waals surface area (Å²) in [5, 5.41) is 9.01. The molecule has 0 amide bonds. The van der Waals surface area contributed by atoms with E-state index in [0.29, 0.717) is 12.6 Å². The molecule has 1 N–H and O–H groups in total. The average molecular weight is 291 g/mol. The second kappa shape index (κ2) is 8.15. The van der Waals surface area contributed by atoms with Crippen LogP contribution in [0, 0.1) is 0 Å². The summed E-state index contributed by atoms with van der Waals surface area (Å²) in [5.74, 6) is -0.403. The van der Waals surface area contributed by atoms with Gasteiger partial charge < -0.3 is 9.84 Å². The van der Waals surface area contributed by atoms with Gasteiger partial charge in [-0.25, -0.2) is 0 Å². The van der Waals surface area contributed by atoms with Crippen LogP contribution in [0.1, 0.15) is 37.2 Å². The zero-order chi connectivity index (χ0) is 15.1. The maximum absolute atomic E-state index is 12.1. The number of aliphatic hydroxyl groups is 1. The van der Waals surface area contributed by atoms with E-state index in [1.54, 1.807) is 0 Å². The van der Waals surface area contributed by atoms with E-state index < -0.39 is 0 Å². The van der Waals surface area contributed by atoms with Gasteiger partial charge in [0.25, 0.3) is 0 Å². The molecule has 1 aromatic rings. The highest BCUT2D eigenvalue weighted by Crippen LogP contribution is 2.26. The van der Waals surface area contributed by atoms with Gasteiger partial charge in [0.15, 0.2) is 0 Å². The van der Waals surface area contributed by atoms with Crippen LogP contribution in [0.25, 0.3) is 0 Å². The molecule has 1 saturated heterocycles. The Balaban J connectivity index is 2.06. The molecule has 2 rings (SSSR count). The molecule has 2 atom stereocenters. The summed E-state index contributed by atoms with van der Waals surface area (Å²) in [6, 6.07) is 10.3. The van der Waals surface area contributed by atoms with E-state index in [9.17, 15) is 4.79 Å². The third-order valence-electron chi connectivity index (χ3n) is 4.30. The minimum absolute atomic E-state index is 0.172. The van der Waals surface area contributed by atoms with Gasteiger partial charge in [0.1, 0.15) is 0 Å². The largest absolute Gasteiger partial charge is 0.469 e. The molecule has 0 spiro atoms. The third kappa shape index (κ3) is 4.29. The van der Waals surface area contributed by atoms with E-state index in [4.69, 9.17) is 9.84 Å². The second-order valence-corrected chi connectivity index (χ2v) is 5.64. The van der Waals surface area contributed by atoms with Crippen molar-refractivity contribution in [1.82, 2.24) is 4.90 Å². The van der Waals surface area contributed by atoms with Gasteiger partial charge in [0.2, 0.25) is 0 Å². The highest BCUT2D eigenvalue weighted by molar-refractivity contribution is 5.78. The van der Waals surface area contributed by atoms with Crippen LogP contribution >= 0.6 is 0 Å². The normalized spacial score (nSPS) is 20.4. The number of carbonyl (C=O) groups excluding carboxylic acids is 1. The molecule has 1 aromatic carbocycles. The molecular weight excluding hydrogens is 266 g/mol. The van der Waals surface area contributed by atoms with Gasteiger partial charge in [-0.1, -0.05) is 30.3 Å². The number of methoxy groups -OCH3 is 1. The minimum Gasteiger partial charge on any atom is -0.469 e. The number of rotatable bonds is 7. The lowest BCUT2D eigenvalue weighted by atomic mass is 9.98. The molecule has 2 unspecified atom stereocenters. The van der Waals surface area contributed by atoms with Crippen LogP contribution in [0.5, 0.6) is 0 Å². The summed E-state index contributed by atoms with van der Waals surface area (Å²) < 4.78 is 4.99. The van der Waals surface area contributed by atoms with Gasteiger partial charge in [-0.15, -0.1) is 0 Å². The lowest BCUT2D eigenvalue weighted by Gasteiger charge is -2.28. The first-order chi connectivity index (χ1) is 10.3. The first-order valence-electron chi connectivity index (χ1n) is 7.74. The molecule has 4 nitrogen and oxygen atoms in total. The molecule has 1 aliphatic rings. The fraction of sp³-hybridized carbons (Fsp3) is 0.588. The van der Waals surface area contributed by atoms with E-state index in [1.807, 2.05) is 30.3 Å². The number of aliphatic hydroxyl groups excluding tert-OH is 1. The molecule has 1 heterocycles. The van der Waals surface area contributed by atoms with Crippen molar-refractivity contribution in [3.05, 3.63) is 35.9 Å². The van der Waals surface area contributed by atoms with Gasteiger partial charge in [-0.2, -0.15) is 0 Å². The first kappa shape index (κ1) is 16.0. The third-order valence-corrected chi connectivity index (χ3v) is 4.30. The maximum atomic E-state index is 12.1. The molecule has 21 heavy (non-hydrogen) atoms. The number of benzene rings is 1. The summed E-state index contributed by atoms with van der Waals surface area (Å²) in [7, 11) is 1.45. The smallest absolute Gasteiger partial charge is 0.314 e. The van der Waals surface area contributed by atoms with Crippen LogP contribution in [-0.2, 0) is 9.53 Å². The molecule has 0 saturated carbocycles. The Labute approximate surface area is 126 Å². The topological polar surface area (TPSA) is 49.8 Å². The van der Waals surface area contributed by atoms with E-state index in [1.165, 1.54) is 13.5 Å². The van der Waals surface area contributed by atoms with Crippen molar-refractivity contribution >= 4 is 5.97 Å². The van der Waals surface area contributed by atoms with Crippen LogP contribution in [0.4, 0.5) is 0 Å². The Morgan fingerprint density at radius 1 is 1.43 bits per heavy atom. The van der Waals surface area contributed by atoms with E-state index in [2.05, 4.69) is 4.90 Å². The number of hydrogen-bond acceptors (Lipinski definition) is 4. The number of ether oxygens (including phenoxy) is 1. The Kier molecular flexibility index (Phi) is 6.21. The minimum atomic E-state index is -0.231. The maximum Gasteiger partial charge on any atom is 0.314 e. The number of carbonyl (C=O) groups is 1. The molecule has 1 fully saturated rings. The predicted molar refractivity (Wildman–Crippen MR) is 82.1 cm³/mol. The Morgan fingerprint density at radius 3 is 2.86 bits per heavy atom. The van der Waals surface area contributed by atoms with Crippen LogP contribution in [0.15, 0.2) is 30.3 Å². The monoisotopic (exact) mass is 291 g/mol. The van der Waals surface area contributed by atoms with Gasteiger partial charge in [0, 0.05) is 19.2 Å². The lowest BCUT2D eigenvalue weighted by Crippen LogP contribution is -2.36. The van der Waals surface area contributed by atoms with Gasteiger partial charge >= 0.3 is 5.97 Å². The van der Waals surface area contributed by atoms with Crippen molar-refractivity contribution in [2.45, 2.75) is 37.6 Å². The molecular formula is C17H25NO3. The fourth-order valence-electron chi connectivity index (χ4n) is 3.17. The standard InChI is InChI=1S/C17H25NO3/c1-21-17(20)16(14-7-3-2-4-8-14)13-18-11-5-9-15(18)10-6-12-19/h2-4,7-8,15-16,19H,5-6,9-13H2,1H3. The van der Waals surface area contributed by atoms with Crippen molar-refractivity contribution < 1.29 is 14.6 Å². The van der Waals surface area contributed by atoms with Gasteiger partial charge in [-0.05, 0) is 37.8 Å². The molecule has 0 bridgehead atoms. The number of esters is 1. The van der Waals surface area contributed by atoms with E-state index >= 15 is 0 Å². The number of hydrogen-bond donors (Lipinski definition) is 1. The summed E-state index contributed by atoms with van der Waals surface area (Å²) in [5.41, 5.74) is 1.01. The number of likely N-dealkylation sites (tertiary alicyclic amines) is 1. The van der Waals surface area contributed by atoms with Crippen molar-refractivity contribution in [3.63, 3.8) is 0 Å². The first-order valence-corrected chi connectivity index (χ1v) is 7.74. The van der Waals surface area contributed by atoms with Crippen molar-refractivity contribution in [1.29, 1.82) is 0 Å². The van der Waals surface area contributed by atoms with E-state index in [-0.39, 0.29) is 18.5 Å². The van der Waals surface area contributed by atoms with Crippen LogP contribution in [-0.4, -0.2) is 48.8 Å². The summed E-state index contributed by atoms with van der Waals surface area (Å²) in [6.45, 7) is 1.96. The highest BCUT2D eigenvalue weighted by atomic mass is 16.5. The zero-order valence-electron chi connectivity index (χ0n) is 12.7. The zero-order valence-corrected chi connectivity index (χ0v) is 12.7. The summed E-state index contributed by atoms with van der Waals surface area (Å²) in [4.78, 5) is 14.5. The quantitative estimate of drug-likeness (QED) is 0.782. The molecule has 0 aliphatic carbocycles. The van der Waals surface area contributed by atoms with Crippen LogP contribution < -0.4 is 0 Å².